The van der Waals surface area contributed by atoms with Crippen LogP contribution in [0.15, 0.2) is 42.6 Å². The molecule has 1 aliphatic heterocycles. The molecular formula is C27H29ClF2N3O6P. The Bertz CT molecular complexity index is 1510. The van der Waals surface area contributed by atoms with E-state index in [-0.39, 0.29) is 48.2 Å². The van der Waals surface area contributed by atoms with Gasteiger partial charge in [0, 0.05) is 41.7 Å². The second kappa shape index (κ2) is 11.7. The van der Waals surface area contributed by atoms with E-state index in [1.165, 1.54) is 49.7 Å². The average molecular weight is 596 g/mol. The van der Waals surface area contributed by atoms with Crippen molar-refractivity contribution in [2.24, 2.45) is 0 Å². The Morgan fingerprint density at radius 2 is 1.98 bits per heavy atom. The van der Waals surface area contributed by atoms with Crippen molar-refractivity contribution in [2.75, 3.05) is 6.54 Å². The number of alkyl halides is 1. The molecule has 3 atom stereocenters. The van der Waals surface area contributed by atoms with Gasteiger partial charge in [0.2, 0.25) is 19.8 Å². The van der Waals surface area contributed by atoms with Crippen LogP contribution in [0, 0.1) is 5.82 Å². The summed E-state index contributed by atoms with van der Waals surface area (Å²) >= 11 is 5.79. The summed E-state index contributed by atoms with van der Waals surface area (Å²) in [6, 6.07) is 7.98. The molecule has 1 saturated heterocycles. The van der Waals surface area contributed by atoms with Gasteiger partial charge in [0.25, 0.3) is 0 Å². The molecule has 214 valence electrons. The first kappa shape index (κ1) is 29.7. The number of ether oxygens (including phenoxy) is 1. The van der Waals surface area contributed by atoms with E-state index in [0.29, 0.717) is 16.5 Å². The van der Waals surface area contributed by atoms with E-state index in [1.54, 1.807) is 18.2 Å². The molecule has 4 rings (SSSR count). The molecule has 2 N–H and O–H groups in total. The third-order valence-electron chi connectivity index (χ3n) is 6.78. The summed E-state index contributed by atoms with van der Waals surface area (Å²) in [5, 5.41) is 1.64. The Kier molecular flexibility index (Phi) is 8.68. The molecule has 0 bridgehead atoms. The summed E-state index contributed by atoms with van der Waals surface area (Å²) in [5.41, 5.74) is 0.932. The monoisotopic (exact) mass is 595 g/mol. The minimum Gasteiger partial charge on any atom is -0.478 e. The molecule has 3 aromatic rings. The fourth-order valence-electron chi connectivity index (χ4n) is 4.62. The molecule has 13 heteroatoms. The number of ketones is 1. The summed E-state index contributed by atoms with van der Waals surface area (Å²) in [7, 11) is -3.05. The van der Waals surface area contributed by atoms with Crippen molar-refractivity contribution < 1.29 is 37.4 Å². The molecule has 1 fully saturated rings. The smallest absolute Gasteiger partial charge is 0.243 e. The highest BCUT2D eigenvalue weighted by molar-refractivity contribution is 7.39. The number of hydrogen-bond donors (Lipinski definition) is 2. The number of likely N-dealkylation sites (tertiary alicyclic amines) is 1. The molecule has 1 unspecified atom stereocenters. The van der Waals surface area contributed by atoms with E-state index < -0.39 is 43.2 Å². The van der Waals surface area contributed by atoms with Gasteiger partial charge in [-0.3, -0.25) is 18.9 Å². The Labute approximate surface area is 234 Å². The fourth-order valence-corrected chi connectivity index (χ4v) is 5.01. The second-order valence-electron chi connectivity index (χ2n) is 10.1. The van der Waals surface area contributed by atoms with Crippen molar-refractivity contribution in [2.45, 2.75) is 57.8 Å². The van der Waals surface area contributed by atoms with Crippen molar-refractivity contribution in [3.63, 3.8) is 0 Å². The highest BCUT2D eigenvalue weighted by Gasteiger charge is 2.40. The highest BCUT2D eigenvalue weighted by atomic mass is 35.5. The number of nitrogens with zero attached hydrogens (tertiary/aromatic N) is 2. The van der Waals surface area contributed by atoms with Gasteiger partial charge in [-0.25, -0.2) is 8.78 Å². The van der Waals surface area contributed by atoms with Crippen LogP contribution in [-0.2, 0) is 27.2 Å². The molecule has 0 radical (unpaired) electrons. The first-order valence-electron chi connectivity index (χ1n) is 12.5. The summed E-state index contributed by atoms with van der Waals surface area (Å²) in [6.45, 7) is 3.51. The van der Waals surface area contributed by atoms with Crippen molar-refractivity contribution in [3.05, 3.63) is 64.6 Å². The molecule has 0 saturated carbocycles. The zero-order valence-electron chi connectivity index (χ0n) is 22.0. The number of hydrogen-bond acceptors (Lipinski definition) is 5. The SMILES string of the molecule is CC(=O)c1cn(CC(=O)N2C[C@H](F)C[C@H]2C(=O)NCc2cccc(Cl)c2F)c2cc(OC(C)(C)[PH](=O)O)ccc12. The van der Waals surface area contributed by atoms with Crippen LogP contribution in [-0.4, -0.2) is 56.1 Å². The lowest BCUT2D eigenvalue weighted by atomic mass is 10.1. The highest BCUT2D eigenvalue weighted by Crippen LogP contribution is 2.38. The number of carbonyl (C=O) groups is 3. The van der Waals surface area contributed by atoms with Crippen molar-refractivity contribution in [3.8, 4) is 5.75 Å². The van der Waals surface area contributed by atoms with Crippen LogP contribution in [0.1, 0.15) is 43.1 Å². The van der Waals surface area contributed by atoms with Crippen LogP contribution >= 0.6 is 19.6 Å². The number of rotatable bonds is 9. The predicted octanol–water partition coefficient (Wildman–Crippen LogP) is 4.47. The maximum atomic E-state index is 14.4. The normalized spacial score (nSPS) is 18.1. The Hall–Kier alpha value is -3.27. The molecule has 2 aromatic carbocycles. The minimum absolute atomic E-state index is 0.0972. The molecule has 0 aliphatic carbocycles. The third kappa shape index (κ3) is 6.22. The third-order valence-corrected chi connectivity index (χ3v) is 8.21. The molecule has 2 amide bonds. The van der Waals surface area contributed by atoms with Gasteiger partial charge in [-0.15, -0.1) is 0 Å². The maximum Gasteiger partial charge on any atom is 0.243 e. The lowest BCUT2D eigenvalue weighted by molar-refractivity contribution is -0.139. The second-order valence-corrected chi connectivity index (χ2v) is 12.4. The fraction of sp³-hybridized carbons (Fsp3) is 0.370. The van der Waals surface area contributed by atoms with Gasteiger partial charge in [0.15, 0.2) is 11.1 Å². The number of nitrogens with one attached hydrogen (secondary N) is 1. The standard InChI is InChI=1S/C27H29ClF2N3O6P/c1-15(34)20-13-32(22-10-18(7-8-19(20)22)39-27(2,3)40(37)38)14-24(35)33-12-17(29)9-23(33)26(36)31-11-16-5-4-6-21(28)25(16)30/h4-8,10,13,17,23,40H,9,11-12,14H2,1-3H3,(H,31,36)(H,37,38)/t17-,23+/m1/s1. The first-order valence-corrected chi connectivity index (χ1v) is 14.2. The number of fused-ring (bicyclic) bond motifs is 1. The van der Waals surface area contributed by atoms with Crippen LogP contribution in [0.4, 0.5) is 8.78 Å². The van der Waals surface area contributed by atoms with Gasteiger partial charge in [0.1, 0.15) is 30.3 Å². The number of benzene rings is 2. The molecule has 0 spiro atoms. The lowest BCUT2D eigenvalue weighted by Crippen LogP contribution is -2.46. The van der Waals surface area contributed by atoms with E-state index >= 15 is 0 Å². The molecule has 9 nitrogen and oxygen atoms in total. The molecular weight excluding hydrogens is 567 g/mol. The quantitative estimate of drug-likeness (QED) is 0.278. The van der Waals surface area contributed by atoms with Crippen molar-refractivity contribution in [1.29, 1.82) is 0 Å². The number of amides is 2. The lowest BCUT2D eigenvalue weighted by Gasteiger charge is -2.24. The van der Waals surface area contributed by atoms with Gasteiger partial charge in [-0.2, -0.15) is 0 Å². The Morgan fingerprint density at radius 3 is 2.65 bits per heavy atom. The zero-order chi connectivity index (χ0) is 29.4. The molecule has 1 aromatic heterocycles. The number of aromatic nitrogens is 1. The van der Waals surface area contributed by atoms with E-state index in [1.807, 2.05) is 0 Å². The van der Waals surface area contributed by atoms with Crippen LogP contribution in [0.25, 0.3) is 10.9 Å². The average Bonchev–Trinajstić information content (AvgIpc) is 3.45. The maximum absolute atomic E-state index is 14.4. The Morgan fingerprint density at radius 1 is 1.25 bits per heavy atom. The van der Waals surface area contributed by atoms with Crippen LogP contribution in [0.5, 0.6) is 5.75 Å². The zero-order valence-corrected chi connectivity index (χ0v) is 23.8. The largest absolute Gasteiger partial charge is 0.478 e. The Balaban J connectivity index is 1.56. The van der Waals surface area contributed by atoms with Crippen molar-refractivity contribution in [1.82, 2.24) is 14.8 Å². The van der Waals surface area contributed by atoms with Gasteiger partial charge < -0.3 is 24.4 Å². The molecule has 40 heavy (non-hydrogen) atoms. The van der Waals surface area contributed by atoms with Crippen molar-refractivity contribution >= 4 is 48.1 Å². The molecule has 2 heterocycles. The topological polar surface area (TPSA) is 118 Å². The number of carbonyl (C=O) groups excluding carboxylic acids is 3. The number of Topliss-reactive ketones (excluding diaryl/α,β-unsaturated/α-hetero) is 1. The van der Waals surface area contributed by atoms with Gasteiger partial charge >= 0.3 is 0 Å². The van der Waals surface area contributed by atoms with Crippen LogP contribution in [0.2, 0.25) is 5.02 Å². The molecule has 1 aliphatic rings. The first-order chi connectivity index (χ1) is 18.8. The van der Waals surface area contributed by atoms with Gasteiger partial charge in [-0.1, -0.05) is 23.7 Å². The van der Waals surface area contributed by atoms with Crippen LogP contribution < -0.4 is 10.1 Å². The van der Waals surface area contributed by atoms with Gasteiger partial charge in [-0.05, 0) is 39.0 Å². The van der Waals surface area contributed by atoms with Crippen LogP contribution in [0.3, 0.4) is 0 Å². The van der Waals surface area contributed by atoms with E-state index in [2.05, 4.69) is 5.32 Å². The summed E-state index contributed by atoms with van der Waals surface area (Å²) < 4.78 is 47.5. The van der Waals surface area contributed by atoms with E-state index in [0.717, 1.165) is 4.90 Å². The summed E-state index contributed by atoms with van der Waals surface area (Å²) in [5.74, 6) is -1.87. The summed E-state index contributed by atoms with van der Waals surface area (Å²) in [4.78, 5) is 49.3. The summed E-state index contributed by atoms with van der Waals surface area (Å²) in [6.07, 6.45) is -0.149. The van der Waals surface area contributed by atoms with Gasteiger partial charge in [0.05, 0.1) is 17.1 Å². The van der Waals surface area contributed by atoms with E-state index in [9.17, 15) is 32.6 Å². The van der Waals surface area contributed by atoms with E-state index in [4.69, 9.17) is 16.3 Å². The number of halogens is 3. The predicted molar refractivity (Wildman–Crippen MR) is 146 cm³/mol. The minimum atomic E-state index is -3.05.